The maximum absolute atomic E-state index is 11.6. The predicted octanol–water partition coefficient (Wildman–Crippen LogP) is 2.66. The summed E-state index contributed by atoms with van der Waals surface area (Å²) in [5, 5.41) is 6.80. The van der Waals surface area contributed by atoms with E-state index in [1.807, 2.05) is 12.1 Å². The Bertz CT molecular complexity index is 721. The quantitative estimate of drug-likeness (QED) is 0.536. The second-order valence-electron chi connectivity index (χ2n) is 7.98. The zero-order valence-corrected chi connectivity index (χ0v) is 18.6. The second kappa shape index (κ2) is 10.8. The summed E-state index contributed by atoms with van der Waals surface area (Å²) in [5.74, 6) is 1.35. The number of hydrogen-bond acceptors (Lipinski definition) is 4. The molecule has 1 aliphatic heterocycles. The first-order chi connectivity index (χ1) is 13.3. The number of hydrogen-bond donors (Lipinski definition) is 2. The van der Waals surface area contributed by atoms with Crippen molar-refractivity contribution in [1.82, 2.24) is 15.5 Å². The molecule has 1 atom stereocenters. The number of guanidine groups is 1. The van der Waals surface area contributed by atoms with Crippen molar-refractivity contribution in [3.8, 4) is 0 Å². The van der Waals surface area contributed by atoms with Gasteiger partial charge in [-0.1, -0.05) is 38.8 Å². The van der Waals surface area contributed by atoms with Crippen LogP contribution in [0.25, 0.3) is 0 Å². The standard InChI is InChI=1S/C21H36N4O2S/c1-17(2)20(25-13-7-5-6-8-14-25)16-24-21(22-3)23-15-18-9-11-19(12-10-18)28(4,26)27/h9-12,17,20H,5-8,13-16H2,1-4H3,(H2,22,23,24). The second-order valence-corrected chi connectivity index (χ2v) is 10.0. The molecule has 0 bridgehead atoms. The van der Waals surface area contributed by atoms with E-state index in [-0.39, 0.29) is 0 Å². The Labute approximate surface area is 170 Å². The molecule has 1 aliphatic rings. The molecule has 1 saturated heterocycles. The molecule has 0 radical (unpaired) electrons. The number of nitrogens with zero attached hydrogens (tertiary/aromatic N) is 2. The van der Waals surface area contributed by atoms with Crippen LogP contribution in [-0.2, 0) is 16.4 Å². The number of likely N-dealkylation sites (tertiary alicyclic amines) is 1. The van der Waals surface area contributed by atoms with Gasteiger partial charge in [0.2, 0.25) is 0 Å². The lowest BCUT2D eigenvalue weighted by atomic mass is 10.0. The van der Waals surface area contributed by atoms with E-state index < -0.39 is 9.84 Å². The highest BCUT2D eigenvalue weighted by molar-refractivity contribution is 7.90. The van der Waals surface area contributed by atoms with Gasteiger partial charge in [0, 0.05) is 32.4 Å². The minimum Gasteiger partial charge on any atom is -0.355 e. The fourth-order valence-electron chi connectivity index (χ4n) is 3.68. The molecule has 0 aromatic heterocycles. The average Bonchev–Trinajstić information content (AvgIpc) is 2.93. The topological polar surface area (TPSA) is 73.8 Å². The normalized spacial score (nSPS) is 18.0. The molecule has 2 rings (SSSR count). The molecule has 7 heteroatoms. The molecule has 2 N–H and O–H groups in total. The van der Waals surface area contributed by atoms with E-state index in [1.165, 1.54) is 45.0 Å². The lowest BCUT2D eigenvalue weighted by Crippen LogP contribution is -2.49. The highest BCUT2D eigenvalue weighted by Gasteiger charge is 2.22. The number of rotatable bonds is 7. The molecule has 0 spiro atoms. The molecule has 0 amide bonds. The van der Waals surface area contributed by atoms with Gasteiger partial charge in [-0.3, -0.25) is 9.89 Å². The first kappa shape index (κ1) is 22.7. The van der Waals surface area contributed by atoms with Gasteiger partial charge >= 0.3 is 0 Å². The summed E-state index contributed by atoms with van der Waals surface area (Å²) in [5.41, 5.74) is 1.02. The monoisotopic (exact) mass is 408 g/mol. The maximum Gasteiger partial charge on any atom is 0.191 e. The first-order valence-corrected chi connectivity index (χ1v) is 12.2. The van der Waals surface area contributed by atoms with E-state index in [1.54, 1.807) is 19.2 Å². The highest BCUT2D eigenvalue weighted by Crippen LogP contribution is 2.17. The maximum atomic E-state index is 11.6. The van der Waals surface area contributed by atoms with Gasteiger partial charge in [-0.15, -0.1) is 0 Å². The van der Waals surface area contributed by atoms with Crippen LogP contribution in [0.2, 0.25) is 0 Å². The molecule has 0 saturated carbocycles. The number of aliphatic imine (C=N–C) groups is 1. The van der Waals surface area contributed by atoms with Gasteiger partial charge in [0.05, 0.1) is 4.90 Å². The Morgan fingerprint density at radius 3 is 2.18 bits per heavy atom. The van der Waals surface area contributed by atoms with Crippen molar-refractivity contribution in [3.05, 3.63) is 29.8 Å². The molecule has 158 valence electrons. The summed E-state index contributed by atoms with van der Waals surface area (Å²) in [4.78, 5) is 7.31. The van der Waals surface area contributed by atoms with Crippen LogP contribution in [0.1, 0.15) is 45.1 Å². The number of nitrogens with one attached hydrogen (secondary N) is 2. The fraction of sp³-hybridized carbons (Fsp3) is 0.667. The summed E-state index contributed by atoms with van der Waals surface area (Å²) in [6, 6.07) is 7.47. The van der Waals surface area contributed by atoms with Gasteiger partial charge in [-0.2, -0.15) is 0 Å². The van der Waals surface area contributed by atoms with Crippen molar-refractivity contribution in [2.75, 3.05) is 32.9 Å². The molecule has 1 aromatic carbocycles. The Balaban J connectivity index is 1.88. The first-order valence-electron chi connectivity index (χ1n) is 10.3. The molecule has 28 heavy (non-hydrogen) atoms. The van der Waals surface area contributed by atoms with E-state index in [0.29, 0.717) is 23.4 Å². The van der Waals surface area contributed by atoms with Gasteiger partial charge in [0.25, 0.3) is 0 Å². The lowest BCUT2D eigenvalue weighted by molar-refractivity contribution is 0.161. The summed E-state index contributed by atoms with van der Waals surface area (Å²) in [7, 11) is -1.38. The molecular formula is C21H36N4O2S. The van der Waals surface area contributed by atoms with Crippen molar-refractivity contribution >= 4 is 15.8 Å². The van der Waals surface area contributed by atoms with E-state index in [0.717, 1.165) is 18.1 Å². The zero-order valence-electron chi connectivity index (χ0n) is 17.7. The summed E-state index contributed by atoms with van der Waals surface area (Å²) in [6.45, 7) is 8.41. The summed E-state index contributed by atoms with van der Waals surface area (Å²) >= 11 is 0. The smallest absolute Gasteiger partial charge is 0.191 e. The van der Waals surface area contributed by atoms with Crippen LogP contribution >= 0.6 is 0 Å². The van der Waals surface area contributed by atoms with Crippen LogP contribution in [0, 0.1) is 5.92 Å². The highest BCUT2D eigenvalue weighted by atomic mass is 32.2. The fourth-order valence-corrected chi connectivity index (χ4v) is 4.31. The third-order valence-electron chi connectivity index (χ3n) is 5.39. The number of benzene rings is 1. The summed E-state index contributed by atoms with van der Waals surface area (Å²) < 4.78 is 23.1. The third kappa shape index (κ3) is 7.09. The third-order valence-corrected chi connectivity index (χ3v) is 6.52. The minimum atomic E-state index is -3.16. The van der Waals surface area contributed by atoms with E-state index in [4.69, 9.17) is 0 Å². The SMILES string of the molecule is CN=C(NCc1ccc(S(C)(=O)=O)cc1)NCC(C(C)C)N1CCCCCC1. The van der Waals surface area contributed by atoms with Crippen LogP contribution in [0.15, 0.2) is 34.2 Å². The Morgan fingerprint density at radius 2 is 1.68 bits per heavy atom. The number of sulfone groups is 1. The lowest BCUT2D eigenvalue weighted by Gasteiger charge is -2.34. The zero-order chi connectivity index (χ0) is 20.6. The van der Waals surface area contributed by atoms with Gasteiger partial charge in [-0.05, 0) is 49.5 Å². The van der Waals surface area contributed by atoms with Crippen molar-refractivity contribution in [1.29, 1.82) is 0 Å². The molecule has 1 unspecified atom stereocenters. The summed E-state index contributed by atoms with van der Waals surface area (Å²) in [6.07, 6.45) is 6.49. The van der Waals surface area contributed by atoms with Gasteiger partial charge in [-0.25, -0.2) is 8.42 Å². The van der Waals surface area contributed by atoms with Crippen molar-refractivity contribution in [2.24, 2.45) is 10.9 Å². The van der Waals surface area contributed by atoms with Crippen LogP contribution in [0.4, 0.5) is 0 Å². The molecule has 6 nitrogen and oxygen atoms in total. The Hall–Kier alpha value is -1.60. The predicted molar refractivity (Wildman–Crippen MR) is 116 cm³/mol. The van der Waals surface area contributed by atoms with Gasteiger partial charge < -0.3 is 10.6 Å². The van der Waals surface area contributed by atoms with Crippen LogP contribution in [0.5, 0.6) is 0 Å². The molecule has 1 aromatic rings. The van der Waals surface area contributed by atoms with E-state index in [9.17, 15) is 8.42 Å². The van der Waals surface area contributed by atoms with E-state index >= 15 is 0 Å². The van der Waals surface area contributed by atoms with Gasteiger partial charge in [0.1, 0.15) is 0 Å². The van der Waals surface area contributed by atoms with Crippen LogP contribution in [-0.4, -0.2) is 58.3 Å². The largest absolute Gasteiger partial charge is 0.355 e. The van der Waals surface area contributed by atoms with Crippen LogP contribution in [0.3, 0.4) is 0 Å². The molecule has 1 heterocycles. The minimum absolute atomic E-state index is 0.344. The van der Waals surface area contributed by atoms with Crippen molar-refractivity contribution in [3.63, 3.8) is 0 Å². The van der Waals surface area contributed by atoms with Crippen molar-refractivity contribution < 1.29 is 8.42 Å². The van der Waals surface area contributed by atoms with Crippen LogP contribution < -0.4 is 10.6 Å². The van der Waals surface area contributed by atoms with Crippen molar-refractivity contribution in [2.45, 2.75) is 57.0 Å². The molecule has 0 aliphatic carbocycles. The molecule has 1 fully saturated rings. The average molecular weight is 409 g/mol. The van der Waals surface area contributed by atoms with E-state index in [2.05, 4.69) is 34.4 Å². The molecular weight excluding hydrogens is 372 g/mol. The Kier molecular flexibility index (Phi) is 8.76. The Morgan fingerprint density at radius 1 is 1.07 bits per heavy atom. The van der Waals surface area contributed by atoms with Gasteiger partial charge in [0.15, 0.2) is 15.8 Å².